The van der Waals surface area contributed by atoms with Crippen molar-refractivity contribution in [1.29, 1.82) is 0 Å². The van der Waals surface area contributed by atoms with Crippen molar-refractivity contribution in [2.45, 2.75) is 6.92 Å². The number of aryl methyl sites for hydroxylation is 1. The molecule has 1 aliphatic rings. The molecule has 0 radical (unpaired) electrons. The number of Topliss-reactive ketones (excluding diaryl/α,β-unsaturated/α-hetero) is 1. The highest BCUT2D eigenvalue weighted by Gasteiger charge is 2.13. The molecule has 3 rings (SSSR count). The Morgan fingerprint density at radius 1 is 1.12 bits per heavy atom. The first-order valence-corrected chi connectivity index (χ1v) is 8.25. The second-order valence-electron chi connectivity index (χ2n) is 5.56. The lowest BCUT2D eigenvalue weighted by atomic mass is 10.1. The van der Waals surface area contributed by atoms with Gasteiger partial charge in [-0.1, -0.05) is 57.9 Å². The van der Waals surface area contributed by atoms with E-state index in [-0.39, 0.29) is 22.8 Å². The van der Waals surface area contributed by atoms with Gasteiger partial charge in [-0.05, 0) is 30.7 Å². The van der Waals surface area contributed by atoms with Crippen molar-refractivity contribution in [1.82, 2.24) is 4.90 Å². The minimum atomic E-state index is 0. The van der Waals surface area contributed by atoms with E-state index in [2.05, 4.69) is 58.2 Å². The van der Waals surface area contributed by atoms with E-state index in [4.69, 9.17) is 0 Å². The van der Waals surface area contributed by atoms with Crippen molar-refractivity contribution < 1.29 is 4.79 Å². The standard InChI is InChI=1S/C19H17BrN2O.BrH/c1-14-2-4-15(5-3-14)18-10-11-22(13-21-18)12-19(23)16-6-8-17(20)9-7-16;/h2-10,13H,11-12H2,1H3;1H. The molecule has 3 nitrogen and oxygen atoms in total. The molecule has 0 bridgehead atoms. The molecule has 24 heavy (non-hydrogen) atoms. The van der Waals surface area contributed by atoms with Crippen molar-refractivity contribution in [3.63, 3.8) is 0 Å². The number of aliphatic imine (C=N–C) groups is 1. The third-order valence-electron chi connectivity index (χ3n) is 3.74. The monoisotopic (exact) mass is 448 g/mol. The predicted molar refractivity (Wildman–Crippen MR) is 108 cm³/mol. The van der Waals surface area contributed by atoms with Crippen LogP contribution in [0.2, 0.25) is 0 Å². The number of hydrogen-bond donors (Lipinski definition) is 0. The molecule has 0 saturated heterocycles. The van der Waals surface area contributed by atoms with Crippen LogP contribution in [-0.2, 0) is 0 Å². The van der Waals surface area contributed by atoms with Gasteiger partial charge in [0.05, 0.1) is 18.6 Å². The molecule has 0 N–H and O–H groups in total. The predicted octanol–water partition coefficient (Wildman–Crippen LogP) is 4.90. The molecule has 0 atom stereocenters. The van der Waals surface area contributed by atoms with Gasteiger partial charge in [0.25, 0.3) is 0 Å². The second-order valence-corrected chi connectivity index (χ2v) is 6.48. The van der Waals surface area contributed by atoms with Crippen molar-refractivity contribution in [3.8, 4) is 0 Å². The fourth-order valence-corrected chi connectivity index (χ4v) is 2.65. The summed E-state index contributed by atoms with van der Waals surface area (Å²) in [6.45, 7) is 3.09. The van der Waals surface area contributed by atoms with E-state index in [1.165, 1.54) is 5.56 Å². The van der Waals surface area contributed by atoms with Crippen molar-refractivity contribution >= 4 is 50.7 Å². The molecule has 1 heterocycles. The van der Waals surface area contributed by atoms with Crippen LogP contribution in [0, 0.1) is 6.92 Å². The van der Waals surface area contributed by atoms with Gasteiger partial charge in [0.1, 0.15) is 0 Å². The minimum absolute atomic E-state index is 0. The lowest BCUT2D eigenvalue weighted by Gasteiger charge is -2.21. The van der Waals surface area contributed by atoms with E-state index in [1.807, 2.05) is 29.2 Å². The molecule has 5 heteroatoms. The van der Waals surface area contributed by atoms with Crippen LogP contribution in [0.1, 0.15) is 21.5 Å². The summed E-state index contributed by atoms with van der Waals surface area (Å²) in [6, 6.07) is 15.7. The third-order valence-corrected chi connectivity index (χ3v) is 4.27. The number of rotatable bonds is 4. The van der Waals surface area contributed by atoms with Crippen molar-refractivity contribution in [2.24, 2.45) is 4.99 Å². The molecule has 0 aliphatic carbocycles. The number of hydrogen-bond acceptors (Lipinski definition) is 3. The highest BCUT2D eigenvalue weighted by atomic mass is 79.9. The maximum Gasteiger partial charge on any atom is 0.182 e. The quantitative estimate of drug-likeness (QED) is 0.621. The minimum Gasteiger partial charge on any atom is -0.351 e. The highest BCUT2D eigenvalue weighted by molar-refractivity contribution is 9.10. The summed E-state index contributed by atoms with van der Waals surface area (Å²) in [7, 11) is 0. The number of halogens is 2. The summed E-state index contributed by atoms with van der Waals surface area (Å²) in [5, 5.41) is 0. The average molecular weight is 450 g/mol. The third kappa shape index (κ3) is 4.65. The normalized spacial score (nSPS) is 13.2. The summed E-state index contributed by atoms with van der Waals surface area (Å²) >= 11 is 3.38. The van der Waals surface area contributed by atoms with Gasteiger partial charge in [-0.15, -0.1) is 17.0 Å². The molecule has 2 aromatic rings. The van der Waals surface area contributed by atoms with Gasteiger partial charge in [0, 0.05) is 16.6 Å². The summed E-state index contributed by atoms with van der Waals surface area (Å²) in [5.41, 5.74) is 4.01. The Morgan fingerprint density at radius 2 is 1.79 bits per heavy atom. The van der Waals surface area contributed by atoms with Gasteiger partial charge in [-0.2, -0.15) is 0 Å². The van der Waals surface area contributed by atoms with Crippen LogP contribution >= 0.6 is 32.9 Å². The number of benzene rings is 2. The molecule has 0 unspecified atom stereocenters. The van der Waals surface area contributed by atoms with Gasteiger partial charge in [-0.25, -0.2) is 4.99 Å². The first-order valence-electron chi connectivity index (χ1n) is 7.46. The fraction of sp³-hybridized carbons (Fsp3) is 0.158. The van der Waals surface area contributed by atoms with Crippen LogP contribution in [0.15, 0.2) is 64.1 Å². The second kappa shape index (κ2) is 8.40. The number of nitrogens with zero attached hydrogens (tertiary/aromatic N) is 2. The Kier molecular flexibility index (Phi) is 6.52. The molecule has 0 saturated carbocycles. The number of ketones is 1. The first kappa shape index (κ1) is 18.6. The van der Waals surface area contributed by atoms with Crippen molar-refractivity contribution in [2.75, 3.05) is 13.1 Å². The first-order chi connectivity index (χ1) is 11.1. The van der Waals surface area contributed by atoms with Crippen LogP contribution in [0.3, 0.4) is 0 Å². The Hall–Kier alpha value is -1.72. The molecular weight excluding hydrogens is 432 g/mol. The molecule has 2 aromatic carbocycles. The smallest absolute Gasteiger partial charge is 0.182 e. The summed E-state index contributed by atoms with van der Waals surface area (Å²) in [6.07, 6.45) is 3.81. The van der Waals surface area contributed by atoms with Crippen LogP contribution in [0.5, 0.6) is 0 Å². The molecule has 0 aromatic heterocycles. The maximum absolute atomic E-state index is 12.3. The van der Waals surface area contributed by atoms with E-state index >= 15 is 0 Å². The van der Waals surface area contributed by atoms with Crippen LogP contribution in [0.25, 0.3) is 5.70 Å². The molecule has 0 fully saturated rings. The Balaban J connectivity index is 0.00000208. The van der Waals surface area contributed by atoms with E-state index in [1.54, 1.807) is 6.34 Å². The summed E-state index contributed by atoms with van der Waals surface area (Å²) in [4.78, 5) is 18.7. The van der Waals surface area contributed by atoms with E-state index in [0.717, 1.165) is 21.3 Å². The molecule has 1 aliphatic heterocycles. The van der Waals surface area contributed by atoms with Gasteiger partial charge in [0.2, 0.25) is 0 Å². The largest absolute Gasteiger partial charge is 0.351 e. The molecule has 0 amide bonds. The van der Waals surface area contributed by atoms with E-state index < -0.39 is 0 Å². The summed E-state index contributed by atoms with van der Waals surface area (Å²) in [5.74, 6) is 0.0936. The van der Waals surface area contributed by atoms with Crippen LogP contribution in [-0.4, -0.2) is 30.1 Å². The Morgan fingerprint density at radius 3 is 2.38 bits per heavy atom. The van der Waals surface area contributed by atoms with Crippen LogP contribution < -0.4 is 0 Å². The number of carbonyl (C=O) groups is 1. The van der Waals surface area contributed by atoms with Gasteiger partial charge in [-0.3, -0.25) is 4.79 Å². The van der Waals surface area contributed by atoms with Gasteiger partial charge in [0.15, 0.2) is 5.78 Å². The zero-order chi connectivity index (χ0) is 16.2. The Bertz CT molecular complexity index is 765. The number of carbonyl (C=O) groups excluding carboxylic acids is 1. The molecule has 0 spiro atoms. The highest BCUT2D eigenvalue weighted by Crippen LogP contribution is 2.19. The van der Waals surface area contributed by atoms with Crippen LogP contribution in [0.4, 0.5) is 0 Å². The SMILES string of the molecule is Br.Cc1ccc(C2=CCN(CC(=O)c3ccc(Br)cc3)C=N2)cc1. The summed E-state index contributed by atoms with van der Waals surface area (Å²) < 4.78 is 0.972. The fourth-order valence-electron chi connectivity index (χ4n) is 2.38. The zero-order valence-corrected chi connectivity index (χ0v) is 16.6. The lowest BCUT2D eigenvalue weighted by molar-refractivity contribution is 0.0967. The Labute approximate surface area is 161 Å². The van der Waals surface area contributed by atoms with Gasteiger partial charge >= 0.3 is 0 Å². The maximum atomic E-state index is 12.3. The van der Waals surface area contributed by atoms with Gasteiger partial charge < -0.3 is 4.90 Å². The molecular formula is C19H18Br2N2O. The lowest BCUT2D eigenvalue weighted by Crippen LogP contribution is -2.30. The zero-order valence-electron chi connectivity index (χ0n) is 13.3. The van der Waals surface area contributed by atoms with E-state index in [0.29, 0.717) is 13.1 Å². The molecule has 124 valence electrons. The topological polar surface area (TPSA) is 32.7 Å². The van der Waals surface area contributed by atoms with Crippen molar-refractivity contribution in [3.05, 3.63) is 75.8 Å². The average Bonchev–Trinajstić information content (AvgIpc) is 2.57. The van der Waals surface area contributed by atoms with E-state index in [9.17, 15) is 4.79 Å².